The third-order valence-electron chi connectivity index (χ3n) is 6.79. The molecule has 0 aromatic heterocycles. The summed E-state index contributed by atoms with van der Waals surface area (Å²) in [5.41, 5.74) is 1.39. The van der Waals surface area contributed by atoms with Crippen molar-refractivity contribution < 1.29 is 19.5 Å². The summed E-state index contributed by atoms with van der Waals surface area (Å²) >= 11 is 6.26. The maximum Gasteiger partial charge on any atom is 0.250 e. The minimum Gasteiger partial charge on any atom is -0.392 e. The number of amides is 3. The molecule has 3 aliphatic rings. The zero-order valence-electron chi connectivity index (χ0n) is 17.1. The highest BCUT2D eigenvalue weighted by molar-refractivity contribution is 6.31. The number of para-hydroxylation sites is 1. The van der Waals surface area contributed by atoms with Crippen molar-refractivity contribution in [1.82, 2.24) is 10.2 Å². The predicted molar refractivity (Wildman–Crippen MR) is 114 cm³/mol. The first-order valence-electron chi connectivity index (χ1n) is 10.2. The van der Waals surface area contributed by atoms with E-state index in [-0.39, 0.29) is 12.5 Å². The van der Waals surface area contributed by atoms with Crippen LogP contribution in [-0.2, 0) is 26.5 Å². The van der Waals surface area contributed by atoms with Gasteiger partial charge >= 0.3 is 0 Å². The van der Waals surface area contributed by atoms with Crippen molar-refractivity contribution in [1.29, 1.82) is 0 Å². The highest BCUT2D eigenvalue weighted by Gasteiger charge is 2.71. The molecule has 0 saturated carbocycles. The number of nitrogens with one attached hydrogen (secondary N) is 2. The van der Waals surface area contributed by atoms with Gasteiger partial charge in [0, 0.05) is 22.3 Å². The summed E-state index contributed by atoms with van der Waals surface area (Å²) in [7, 11) is 0. The molecule has 3 N–H and O–H groups in total. The van der Waals surface area contributed by atoms with Crippen molar-refractivity contribution in [2.75, 3.05) is 5.32 Å². The van der Waals surface area contributed by atoms with Gasteiger partial charge in [0.05, 0.1) is 24.5 Å². The maximum absolute atomic E-state index is 13.6. The minimum atomic E-state index is -1.41. The van der Waals surface area contributed by atoms with Crippen molar-refractivity contribution in [3.8, 4) is 0 Å². The number of aliphatic hydroxyl groups is 1. The van der Waals surface area contributed by atoms with Crippen LogP contribution in [0.25, 0.3) is 0 Å². The number of rotatable bonds is 3. The average Bonchev–Trinajstić information content (AvgIpc) is 3.32. The molecule has 0 aliphatic carbocycles. The highest BCUT2D eigenvalue weighted by Crippen LogP contribution is 2.54. The van der Waals surface area contributed by atoms with E-state index in [4.69, 9.17) is 11.6 Å². The number of hydrogen-bond acceptors (Lipinski definition) is 5. The van der Waals surface area contributed by atoms with E-state index in [0.29, 0.717) is 21.8 Å². The fraction of sp³-hybridized carbons (Fsp3) is 0.348. The van der Waals surface area contributed by atoms with Crippen molar-refractivity contribution in [3.05, 3.63) is 64.2 Å². The summed E-state index contributed by atoms with van der Waals surface area (Å²) in [6.45, 7) is 3.46. The van der Waals surface area contributed by atoms with Crippen LogP contribution >= 0.6 is 11.6 Å². The van der Waals surface area contributed by atoms with Gasteiger partial charge in [-0.05, 0) is 31.0 Å². The predicted octanol–water partition coefficient (Wildman–Crippen LogP) is 1.95. The Morgan fingerprint density at radius 3 is 2.58 bits per heavy atom. The molecule has 31 heavy (non-hydrogen) atoms. The molecule has 160 valence electrons. The molecule has 3 heterocycles. The first kappa shape index (κ1) is 20.2. The number of fused-ring (bicyclic) bond motifs is 4. The van der Waals surface area contributed by atoms with Crippen LogP contribution in [0.5, 0.6) is 0 Å². The molecule has 1 spiro atoms. The van der Waals surface area contributed by atoms with Crippen molar-refractivity contribution in [3.63, 3.8) is 0 Å². The van der Waals surface area contributed by atoms with Crippen LogP contribution in [0.3, 0.4) is 0 Å². The summed E-state index contributed by atoms with van der Waals surface area (Å²) in [4.78, 5) is 41.6. The van der Waals surface area contributed by atoms with E-state index in [2.05, 4.69) is 10.6 Å². The van der Waals surface area contributed by atoms with Crippen molar-refractivity contribution in [2.45, 2.75) is 38.1 Å². The summed E-state index contributed by atoms with van der Waals surface area (Å²) in [5, 5.41) is 17.0. The molecule has 2 fully saturated rings. The topological polar surface area (TPSA) is 98.7 Å². The second-order valence-electron chi connectivity index (χ2n) is 8.53. The Labute approximate surface area is 184 Å². The lowest BCUT2D eigenvalue weighted by Gasteiger charge is -2.30. The van der Waals surface area contributed by atoms with Gasteiger partial charge in [0.25, 0.3) is 0 Å². The molecule has 7 nitrogen and oxygen atoms in total. The molecule has 8 heteroatoms. The van der Waals surface area contributed by atoms with Crippen molar-refractivity contribution in [2.24, 2.45) is 11.8 Å². The fourth-order valence-electron chi connectivity index (χ4n) is 5.33. The normalized spacial score (nSPS) is 30.0. The van der Waals surface area contributed by atoms with E-state index in [1.807, 2.05) is 19.1 Å². The summed E-state index contributed by atoms with van der Waals surface area (Å²) in [6.07, 6.45) is -0.939. The van der Waals surface area contributed by atoms with Crippen LogP contribution in [0.2, 0.25) is 5.02 Å². The number of carbonyl (C=O) groups excluding carboxylic acids is 3. The first-order chi connectivity index (χ1) is 14.8. The molecular formula is C23H22ClN3O4. The standard InChI is InChI=1S/C23H22ClN3O4/c1-11-6-5-8-14-18(11)25-22(31)23(14)17-16(19(26-23)12(2)28)20(29)27(21(17)30)10-13-7-3-4-9-15(13)24/h3-9,12,16-17,19,26,28H,10H2,1-2H3,(H,25,31)/t12-,16+,17+,19-,23+/m1/s1. The molecular weight excluding hydrogens is 418 g/mol. The van der Waals surface area contributed by atoms with Crippen LogP contribution in [0.15, 0.2) is 42.5 Å². The van der Waals surface area contributed by atoms with Gasteiger partial charge in [-0.1, -0.05) is 48.0 Å². The molecule has 2 saturated heterocycles. The minimum absolute atomic E-state index is 0.0231. The molecule has 0 radical (unpaired) electrons. The van der Waals surface area contributed by atoms with E-state index in [1.165, 1.54) is 4.90 Å². The van der Waals surface area contributed by atoms with E-state index < -0.39 is 41.3 Å². The first-order valence-corrected chi connectivity index (χ1v) is 10.6. The van der Waals surface area contributed by atoms with Crippen LogP contribution < -0.4 is 10.6 Å². The van der Waals surface area contributed by atoms with Gasteiger partial charge in [0.1, 0.15) is 5.54 Å². The van der Waals surface area contributed by atoms with E-state index in [0.717, 1.165) is 5.56 Å². The number of aliphatic hydroxyl groups excluding tert-OH is 1. The van der Waals surface area contributed by atoms with Gasteiger partial charge in [-0.3, -0.25) is 24.6 Å². The second kappa shape index (κ2) is 6.88. The van der Waals surface area contributed by atoms with Gasteiger partial charge in [0.2, 0.25) is 17.7 Å². The number of benzene rings is 2. The van der Waals surface area contributed by atoms with Crippen LogP contribution in [0, 0.1) is 18.8 Å². The number of hydrogen-bond donors (Lipinski definition) is 3. The van der Waals surface area contributed by atoms with Gasteiger partial charge in [-0.15, -0.1) is 0 Å². The smallest absolute Gasteiger partial charge is 0.250 e. The zero-order chi connectivity index (χ0) is 22.1. The van der Waals surface area contributed by atoms with Crippen LogP contribution in [0.4, 0.5) is 5.69 Å². The Kier molecular flexibility index (Phi) is 4.48. The Balaban J connectivity index is 1.63. The van der Waals surface area contributed by atoms with Gasteiger partial charge in [-0.2, -0.15) is 0 Å². The molecule has 0 bridgehead atoms. The Bertz CT molecular complexity index is 1130. The molecule has 5 rings (SSSR count). The molecule has 2 aromatic carbocycles. The maximum atomic E-state index is 13.6. The Morgan fingerprint density at radius 1 is 1.13 bits per heavy atom. The lowest BCUT2D eigenvalue weighted by Crippen LogP contribution is -2.54. The lowest BCUT2D eigenvalue weighted by molar-refractivity contribution is -0.143. The number of imide groups is 1. The monoisotopic (exact) mass is 439 g/mol. The largest absolute Gasteiger partial charge is 0.392 e. The average molecular weight is 440 g/mol. The third kappa shape index (κ3) is 2.63. The SMILES string of the molecule is Cc1cccc2c1NC(=O)[C@]21N[C@H]([C@@H](C)O)[C@H]2C(=O)N(Cc3ccccc3Cl)C(=O)[C@H]21. The highest BCUT2D eigenvalue weighted by atomic mass is 35.5. The zero-order valence-corrected chi connectivity index (χ0v) is 17.8. The fourth-order valence-corrected chi connectivity index (χ4v) is 5.53. The van der Waals surface area contributed by atoms with E-state index in [1.54, 1.807) is 37.3 Å². The number of halogens is 1. The van der Waals surface area contributed by atoms with E-state index >= 15 is 0 Å². The summed E-state index contributed by atoms with van der Waals surface area (Å²) in [6, 6.07) is 11.8. The number of nitrogens with zero attached hydrogens (tertiary/aromatic N) is 1. The van der Waals surface area contributed by atoms with E-state index in [9.17, 15) is 19.5 Å². The Morgan fingerprint density at radius 2 is 1.87 bits per heavy atom. The number of likely N-dealkylation sites (tertiary alicyclic amines) is 1. The Hall–Kier alpha value is -2.74. The summed E-state index contributed by atoms with van der Waals surface area (Å²) < 4.78 is 0. The van der Waals surface area contributed by atoms with Gasteiger partial charge in [0.15, 0.2) is 0 Å². The summed E-state index contributed by atoms with van der Waals surface area (Å²) in [5.74, 6) is -3.03. The molecule has 3 aliphatic heterocycles. The molecule has 2 aromatic rings. The second-order valence-corrected chi connectivity index (χ2v) is 8.94. The number of carbonyl (C=O) groups is 3. The lowest BCUT2D eigenvalue weighted by atomic mass is 9.76. The number of aryl methyl sites for hydroxylation is 1. The van der Waals surface area contributed by atoms with Crippen LogP contribution in [-0.4, -0.2) is 39.9 Å². The van der Waals surface area contributed by atoms with Gasteiger partial charge < -0.3 is 10.4 Å². The molecule has 0 unspecified atom stereocenters. The third-order valence-corrected chi connectivity index (χ3v) is 7.16. The van der Waals surface area contributed by atoms with Crippen molar-refractivity contribution >= 4 is 35.0 Å². The molecule has 5 atom stereocenters. The molecule has 3 amide bonds. The van der Waals surface area contributed by atoms with Gasteiger partial charge in [-0.25, -0.2) is 0 Å². The number of anilines is 1. The van der Waals surface area contributed by atoms with Crippen LogP contribution in [0.1, 0.15) is 23.6 Å². The quantitative estimate of drug-likeness (QED) is 0.635.